The third-order valence-corrected chi connectivity index (χ3v) is 5.99. The zero-order valence-electron chi connectivity index (χ0n) is 18.7. The van der Waals surface area contributed by atoms with Crippen LogP contribution in [0.2, 0.25) is 0 Å². The number of aryl methyl sites for hydroxylation is 1. The van der Waals surface area contributed by atoms with Crippen LogP contribution in [0.25, 0.3) is 0 Å². The highest BCUT2D eigenvalue weighted by atomic mass is 16.4. The first-order chi connectivity index (χ1) is 15.8. The number of benzene rings is 2. The summed E-state index contributed by atoms with van der Waals surface area (Å²) in [5, 5.41) is 25.5. The van der Waals surface area contributed by atoms with Crippen molar-refractivity contribution in [2.24, 2.45) is 0 Å². The van der Waals surface area contributed by atoms with E-state index in [4.69, 9.17) is 0 Å². The van der Waals surface area contributed by atoms with E-state index in [0.29, 0.717) is 25.8 Å². The van der Waals surface area contributed by atoms with Crippen molar-refractivity contribution in [3.8, 4) is 0 Å². The topological polar surface area (TPSA) is 119 Å². The van der Waals surface area contributed by atoms with Crippen molar-refractivity contribution < 1.29 is 24.6 Å². The molecule has 0 aromatic heterocycles. The van der Waals surface area contributed by atoms with Crippen LogP contribution in [0, 0.1) is 0 Å². The maximum Gasteiger partial charge on any atom is 0.326 e. The Bertz CT molecular complexity index is 938. The molecule has 4 atom stereocenters. The Balaban J connectivity index is 1.58. The molecule has 1 fully saturated rings. The third kappa shape index (κ3) is 6.87. The van der Waals surface area contributed by atoms with E-state index in [1.54, 1.807) is 6.92 Å². The molecule has 4 N–H and O–H groups in total. The molecule has 0 spiro atoms. The van der Waals surface area contributed by atoms with E-state index in [2.05, 4.69) is 10.6 Å². The van der Waals surface area contributed by atoms with Crippen LogP contribution in [-0.4, -0.2) is 63.7 Å². The lowest BCUT2D eigenvalue weighted by Crippen LogP contribution is -2.53. The molecular weight excluding hydrogens is 422 g/mol. The number of carbonyl (C=O) groups is 3. The number of amides is 1. The van der Waals surface area contributed by atoms with Gasteiger partial charge in [0.2, 0.25) is 5.91 Å². The Morgan fingerprint density at radius 2 is 1.61 bits per heavy atom. The summed E-state index contributed by atoms with van der Waals surface area (Å²) < 4.78 is 0. The van der Waals surface area contributed by atoms with Crippen molar-refractivity contribution in [1.29, 1.82) is 0 Å². The van der Waals surface area contributed by atoms with Crippen molar-refractivity contribution in [1.82, 2.24) is 15.5 Å². The van der Waals surface area contributed by atoms with E-state index in [9.17, 15) is 24.6 Å². The number of carboxylic acids is 2. The standard InChI is InChI=1S/C25H31N3O5/c1-17(27-21(24(30)31)13-12-18-8-4-2-5-9-18)23(29)28-16-20(14-22(28)25(32)33)26-15-19-10-6-3-7-11-19/h2-11,17,20-22,26-27H,12-16H2,1H3,(H,30,31)(H,32,33)/t17-,20?,21-,22-/m0/s1. The predicted molar refractivity (Wildman–Crippen MR) is 124 cm³/mol. The molecule has 1 unspecified atom stereocenters. The van der Waals surface area contributed by atoms with E-state index in [1.165, 1.54) is 4.90 Å². The molecule has 1 saturated heterocycles. The van der Waals surface area contributed by atoms with Gasteiger partial charge < -0.3 is 20.4 Å². The highest BCUT2D eigenvalue weighted by molar-refractivity contribution is 5.88. The van der Waals surface area contributed by atoms with Gasteiger partial charge in [0, 0.05) is 19.1 Å². The second-order valence-corrected chi connectivity index (χ2v) is 8.45. The van der Waals surface area contributed by atoms with Crippen LogP contribution in [-0.2, 0) is 27.3 Å². The molecule has 1 aliphatic rings. The van der Waals surface area contributed by atoms with E-state index in [1.807, 2.05) is 60.7 Å². The fourth-order valence-electron chi connectivity index (χ4n) is 4.18. The number of likely N-dealkylation sites (tertiary alicyclic amines) is 1. The summed E-state index contributed by atoms with van der Waals surface area (Å²) in [6.07, 6.45) is 1.18. The van der Waals surface area contributed by atoms with Gasteiger partial charge in [0.15, 0.2) is 0 Å². The van der Waals surface area contributed by atoms with Gasteiger partial charge in [-0.15, -0.1) is 0 Å². The quantitative estimate of drug-likeness (QED) is 0.410. The van der Waals surface area contributed by atoms with Gasteiger partial charge in [-0.1, -0.05) is 60.7 Å². The minimum absolute atomic E-state index is 0.157. The number of hydrogen-bond donors (Lipinski definition) is 4. The molecule has 3 rings (SSSR count). The van der Waals surface area contributed by atoms with Gasteiger partial charge in [-0.3, -0.25) is 14.9 Å². The number of nitrogens with zero attached hydrogens (tertiary/aromatic N) is 1. The van der Waals surface area contributed by atoms with Gasteiger partial charge in [0.05, 0.1) is 6.04 Å². The Kier molecular flexibility index (Phi) is 8.57. The molecule has 1 amide bonds. The minimum Gasteiger partial charge on any atom is -0.480 e. The van der Waals surface area contributed by atoms with Crippen LogP contribution < -0.4 is 10.6 Å². The molecule has 0 aliphatic carbocycles. The molecule has 1 heterocycles. The summed E-state index contributed by atoms with van der Waals surface area (Å²) in [6, 6.07) is 16.5. The van der Waals surface area contributed by atoms with Gasteiger partial charge in [-0.2, -0.15) is 0 Å². The lowest BCUT2D eigenvalue weighted by molar-refractivity contribution is -0.149. The number of carboxylic acid groups (broad SMARTS) is 2. The summed E-state index contributed by atoms with van der Waals surface area (Å²) in [4.78, 5) is 38.0. The Labute approximate surface area is 193 Å². The smallest absolute Gasteiger partial charge is 0.326 e. The molecule has 8 nitrogen and oxygen atoms in total. The van der Waals surface area contributed by atoms with Crippen molar-refractivity contribution in [3.63, 3.8) is 0 Å². The monoisotopic (exact) mass is 453 g/mol. The molecule has 1 aliphatic heterocycles. The number of rotatable bonds is 11. The maximum atomic E-state index is 13.1. The van der Waals surface area contributed by atoms with Gasteiger partial charge >= 0.3 is 11.9 Å². The van der Waals surface area contributed by atoms with E-state index >= 15 is 0 Å². The fraction of sp³-hybridized carbons (Fsp3) is 0.400. The van der Waals surface area contributed by atoms with Crippen molar-refractivity contribution in [3.05, 3.63) is 71.8 Å². The minimum atomic E-state index is -1.06. The predicted octanol–water partition coefficient (Wildman–Crippen LogP) is 1.89. The summed E-state index contributed by atoms with van der Waals surface area (Å²) >= 11 is 0. The van der Waals surface area contributed by atoms with Crippen molar-refractivity contribution in [2.45, 2.75) is 56.9 Å². The van der Waals surface area contributed by atoms with Gasteiger partial charge in [-0.05, 0) is 37.3 Å². The zero-order chi connectivity index (χ0) is 23.8. The van der Waals surface area contributed by atoms with Crippen LogP contribution in [0.5, 0.6) is 0 Å². The summed E-state index contributed by atoms with van der Waals surface area (Å²) in [5.41, 5.74) is 2.09. The van der Waals surface area contributed by atoms with Gasteiger partial charge in [0.1, 0.15) is 12.1 Å². The molecule has 0 bridgehead atoms. The normalized spacial score (nSPS) is 19.7. The Hall–Kier alpha value is -3.23. The molecule has 0 saturated carbocycles. The molecule has 176 valence electrons. The Morgan fingerprint density at radius 3 is 2.18 bits per heavy atom. The van der Waals surface area contributed by atoms with Crippen LogP contribution in [0.4, 0.5) is 0 Å². The fourth-order valence-corrected chi connectivity index (χ4v) is 4.18. The average molecular weight is 454 g/mol. The lowest BCUT2D eigenvalue weighted by Gasteiger charge is -2.27. The molecule has 0 radical (unpaired) electrons. The largest absolute Gasteiger partial charge is 0.480 e. The first-order valence-electron chi connectivity index (χ1n) is 11.2. The lowest BCUT2D eigenvalue weighted by atomic mass is 10.0. The number of nitrogens with one attached hydrogen (secondary N) is 2. The summed E-state index contributed by atoms with van der Waals surface area (Å²) in [6.45, 7) is 2.43. The molecular formula is C25H31N3O5. The summed E-state index contributed by atoms with van der Waals surface area (Å²) in [5.74, 6) is -2.50. The summed E-state index contributed by atoms with van der Waals surface area (Å²) in [7, 11) is 0. The first kappa shape index (κ1) is 24.4. The van der Waals surface area contributed by atoms with Gasteiger partial charge in [-0.25, -0.2) is 4.79 Å². The SMILES string of the molecule is C[C@H](N[C@@H](CCc1ccccc1)C(=O)O)C(=O)N1CC(NCc2ccccc2)C[C@H]1C(=O)O. The maximum absolute atomic E-state index is 13.1. The van der Waals surface area contributed by atoms with E-state index < -0.39 is 36.0 Å². The Morgan fingerprint density at radius 1 is 1.00 bits per heavy atom. The average Bonchev–Trinajstić information content (AvgIpc) is 3.25. The molecule has 2 aromatic carbocycles. The third-order valence-electron chi connectivity index (χ3n) is 5.99. The van der Waals surface area contributed by atoms with Crippen LogP contribution in [0.3, 0.4) is 0 Å². The second kappa shape index (κ2) is 11.6. The number of aliphatic carboxylic acids is 2. The zero-order valence-corrected chi connectivity index (χ0v) is 18.7. The van der Waals surface area contributed by atoms with Crippen LogP contribution >= 0.6 is 0 Å². The second-order valence-electron chi connectivity index (χ2n) is 8.45. The van der Waals surface area contributed by atoms with Gasteiger partial charge in [0.25, 0.3) is 0 Å². The van der Waals surface area contributed by atoms with Crippen molar-refractivity contribution >= 4 is 17.8 Å². The van der Waals surface area contributed by atoms with E-state index in [-0.39, 0.29) is 12.6 Å². The molecule has 33 heavy (non-hydrogen) atoms. The molecule has 8 heteroatoms. The number of carbonyl (C=O) groups excluding carboxylic acids is 1. The number of hydrogen-bond acceptors (Lipinski definition) is 5. The van der Waals surface area contributed by atoms with Crippen LogP contribution in [0.15, 0.2) is 60.7 Å². The van der Waals surface area contributed by atoms with E-state index in [0.717, 1.165) is 11.1 Å². The van der Waals surface area contributed by atoms with Crippen molar-refractivity contribution in [2.75, 3.05) is 6.54 Å². The highest BCUT2D eigenvalue weighted by Gasteiger charge is 2.41. The molecule has 2 aromatic rings. The first-order valence-corrected chi connectivity index (χ1v) is 11.2. The highest BCUT2D eigenvalue weighted by Crippen LogP contribution is 2.20. The van der Waals surface area contributed by atoms with Crippen LogP contribution in [0.1, 0.15) is 30.9 Å².